The fraction of sp³-hybridized carbons (Fsp3) is 0.0455. The van der Waals surface area contributed by atoms with Gasteiger partial charge in [-0.3, -0.25) is 9.59 Å². The van der Waals surface area contributed by atoms with Crippen LogP contribution in [0.5, 0.6) is 5.75 Å². The van der Waals surface area contributed by atoms with E-state index in [0.29, 0.717) is 16.5 Å². The van der Waals surface area contributed by atoms with Gasteiger partial charge in [-0.15, -0.1) is 0 Å². The van der Waals surface area contributed by atoms with Crippen LogP contribution in [0.3, 0.4) is 0 Å². The molecule has 3 N–H and O–H groups in total. The Morgan fingerprint density at radius 1 is 1.06 bits per heavy atom. The van der Waals surface area contributed by atoms with Gasteiger partial charge in [0.05, 0.1) is 5.56 Å². The molecule has 0 bridgehead atoms. The number of alkyl halides is 2. The lowest BCUT2D eigenvalue weighted by Crippen LogP contribution is -2.20. The van der Waals surface area contributed by atoms with E-state index < -0.39 is 16.1 Å². The lowest BCUT2D eigenvalue weighted by atomic mass is 9.89. The maximum atomic E-state index is 13.5. The molecule has 2 aliphatic rings. The molecule has 1 heterocycles. The van der Waals surface area contributed by atoms with E-state index in [4.69, 9.17) is 4.42 Å². The van der Waals surface area contributed by atoms with Crippen molar-refractivity contribution >= 4 is 51.1 Å². The number of halogens is 2. The minimum Gasteiger partial charge on any atom is -0.508 e. The van der Waals surface area contributed by atoms with Crippen LogP contribution < -0.4 is 10.7 Å². The number of rotatable bonds is 4. The first kappa shape index (κ1) is 20.8. The van der Waals surface area contributed by atoms with Crippen LogP contribution in [0.15, 0.2) is 63.8 Å². The van der Waals surface area contributed by atoms with E-state index in [1.165, 1.54) is 77.2 Å². The first-order valence-corrected chi connectivity index (χ1v) is 10.2. The number of anilines is 1. The van der Waals surface area contributed by atoms with Crippen molar-refractivity contribution in [3.8, 4) is 28.2 Å². The normalized spacial score (nSPS) is 12.1. The summed E-state index contributed by atoms with van der Waals surface area (Å²) in [4.78, 5) is 36.0. The number of nitrogens with one attached hydrogen (secondary N) is 1. The zero-order chi connectivity index (χ0) is 22.3. The molecule has 156 valence electrons. The molecule has 0 radical (unpaired) electrons. The molecule has 1 amide bonds. The number of aromatic hydroxyl groups is 1. The summed E-state index contributed by atoms with van der Waals surface area (Å²) in [6.07, 6.45) is 0. The number of carbonyl (C=O) groups is 2. The molecule has 0 spiro atoms. The molecule has 9 heteroatoms. The minimum atomic E-state index is -1.85. The molecule has 0 saturated carbocycles. The van der Waals surface area contributed by atoms with Gasteiger partial charge >= 0.3 is 5.97 Å². The van der Waals surface area contributed by atoms with E-state index in [1.807, 2.05) is 0 Å². The Morgan fingerprint density at radius 2 is 1.84 bits per heavy atom. The molecule has 7 nitrogen and oxygen atoms in total. The maximum Gasteiger partial charge on any atom is 0.336 e. The third-order valence-corrected chi connectivity index (χ3v) is 5.24. The molecule has 4 rings (SSSR count). The van der Waals surface area contributed by atoms with Crippen LogP contribution in [0, 0.1) is 0 Å². The molecule has 31 heavy (non-hydrogen) atoms. The Morgan fingerprint density at radius 3 is 2.55 bits per heavy atom. The molecule has 2 aromatic rings. The van der Waals surface area contributed by atoms with E-state index >= 15 is 0 Å². The Bertz CT molecular complexity index is 1380. The molecule has 0 fully saturated rings. The van der Waals surface area contributed by atoms with Crippen LogP contribution in [-0.4, -0.2) is 26.3 Å². The molecule has 1 aliphatic carbocycles. The number of carboxylic acid groups (broad SMARTS) is 1. The third-order valence-electron chi connectivity index (χ3n) is 4.68. The van der Waals surface area contributed by atoms with E-state index in [-0.39, 0.29) is 39.3 Å². The molecule has 1 aliphatic heterocycles. The van der Waals surface area contributed by atoms with Gasteiger partial charge in [-0.05, 0) is 59.0 Å². The van der Waals surface area contributed by atoms with Gasteiger partial charge in [0.1, 0.15) is 17.1 Å². The Balaban J connectivity index is 2.16. The summed E-state index contributed by atoms with van der Waals surface area (Å²) in [7, 11) is 0. The van der Waals surface area contributed by atoms with E-state index in [0.717, 1.165) is 0 Å². The second-order valence-corrected chi connectivity index (χ2v) is 7.73. The van der Waals surface area contributed by atoms with Gasteiger partial charge in [0.15, 0.2) is 5.43 Å². The molecule has 0 saturated heterocycles. The van der Waals surface area contributed by atoms with E-state index in [2.05, 4.69) is 5.32 Å². The lowest BCUT2D eigenvalue weighted by Gasteiger charge is -2.20. The Hall–Kier alpha value is -3.47. The SMILES string of the molecule is O=C(O)c1cccc(NC(=O)C(F)I)c1-c1c2ccc(=O)cc-2oc2cc(O)ccc12. The minimum absolute atomic E-state index is 0.0808. The van der Waals surface area contributed by atoms with Crippen molar-refractivity contribution in [2.75, 3.05) is 5.32 Å². The number of phenolic OH excluding ortho intramolecular Hbond substituents is 1. The summed E-state index contributed by atoms with van der Waals surface area (Å²) >= 11 is 1.31. The molecule has 2 aromatic carbocycles. The predicted molar refractivity (Wildman–Crippen MR) is 121 cm³/mol. The van der Waals surface area contributed by atoms with Crippen LogP contribution in [0.25, 0.3) is 33.4 Å². The zero-order valence-corrected chi connectivity index (χ0v) is 17.7. The highest BCUT2D eigenvalue weighted by molar-refractivity contribution is 14.1. The summed E-state index contributed by atoms with van der Waals surface area (Å²) in [5, 5.41) is 22.6. The highest BCUT2D eigenvalue weighted by Gasteiger charge is 2.26. The fourth-order valence-corrected chi connectivity index (χ4v) is 3.58. The van der Waals surface area contributed by atoms with Gasteiger partial charge in [-0.1, -0.05) is 6.07 Å². The number of benzene rings is 3. The van der Waals surface area contributed by atoms with Crippen molar-refractivity contribution in [3.63, 3.8) is 0 Å². The van der Waals surface area contributed by atoms with Crippen LogP contribution in [0.2, 0.25) is 0 Å². The van der Waals surface area contributed by atoms with Crippen LogP contribution in [-0.2, 0) is 4.79 Å². The molecular weight excluding hydrogens is 520 g/mol. The summed E-state index contributed by atoms with van der Waals surface area (Å²) in [5.41, 5.74) is 0.694. The monoisotopic (exact) mass is 533 g/mol. The van der Waals surface area contributed by atoms with Crippen molar-refractivity contribution in [1.82, 2.24) is 0 Å². The number of amides is 1. The summed E-state index contributed by atoms with van der Waals surface area (Å²) in [6, 6.07) is 12.6. The summed E-state index contributed by atoms with van der Waals surface area (Å²) in [6.45, 7) is 0. The number of fused-ring (bicyclic) bond motifs is 2. The predicted octanol–water partition coefficient (Wildman–Crippen LogP) is 4.64. The number of carboxylic acids is 1. The van der Waals surface area contributed by atoms with Crippen molar-refractivity contribution in [2.24, 2.45) is 0 Å². The van der Waals surface area contributed by atoms with E-state index in [1.54, 1.807) is 0 Å². The van der Waals surface area contributed by atoms with Gasteiger partial charge in [-0.25, -0.2) is 9.18 Å². The van der Waals surface area contributed by atoms with Gasteiger partial charge in [0, 0.05) is 39.9 Å². The highest BCUT2D eigenvalue weighted by atomic mass is 127. The zero-order valence-electron chi connectivity index (χ0n) is 15.6. The second kappa shape index (κ2) is 7.99. The fourth-order valence-electron chi connectivity index (χ4n) is 3.42. The van der Waals surface area contributed by atoms with Crippen molar-refractivity contribution in [3.05, 3.63) is 70.4 Å². The average molecular weight is 533 g/mol. The lowest BCUT2D eigenvalue weighted by molar-refractivity contribution is -0.117. The smallest absolute Gasteiger partial charge is 0.336 e. The van der Waals surface area contributed by atoms with Crippen LogP contribution >= 0.6 is 22.6 Å². The average Bonchev–Trinajstić information content (AvgIpc) is 2.71. The molecular formula is C22H13FINO6. The Kier molecular flexibility index (Phi) is 5.36. The van der Waals surface area contributed by atoms with Gasteiger partial charge < -0.3 is 19.9 Å². The number of hydrogen-bond acceptors (Lipinski definition) is 5. The Labute approximate surface area is 187 Å². The number of aromatic carboxylic acids is 1. The second-order valence-electron chi connectivity index (χ2n) is 6.64. The number of carbonyl (C=O) groups excluding carboxylic acids is 1. The third kappa shape index (κ3) is 3.83. The van der Waals surface area contributed by atoms with Crippen molar-refractivity contribution in [1.29, 1.82) is 0 Å². The number of phenols is 1. The topological polar surface area (TPSA) is 117 Å². The van der Waals surface area contributed by atoms with Gasteiger partial charge in [0.2, 0.25) is 4.18 Å². The molecule has 1 unspecified atom stereocenters. The van der Waals surface area contributed by atoms with Crippen molar-refractivity contribution < 1.29 is 28.6 Å². The number of hydrogen-bond donors (Lipinski definition) is 3. The first-order chi connectivity index (χ1) is 14.8. The van der Waals surface area contributed by atoms with Crippen LogP contribution in [0.1, 0.15) is 10.4 Å². The largest absolute Gasteiger partial charge is 0.508 e. The standard InChI is InChI=1S/C22H13FINO6/c23-20(24)21(28)25-15-3-1-2-14(22(29)30)19(15)18-12-6-4-10(26)8-16(12)31-17-9-11(27)5-7-13(17)18/h1-9,20,26H,(H,25,28)(H,29,30). The van der Waals surface area contributed by atoms with E-state index in [9.17, 15) is 29.0 Å². The maximum absolute atomic E-state index is 13.5. The van der Waals surface area contributed by atoms with Crippen LogP contribution in [0.4, 0.5) is 10.1 Å². The van der Waals surface area contributed by atoms with Crippen molar-refractivity contribution in [2.45, 2.75) is 4.18 Å². The summed E-state index contributed by atoms with van der Waals surface area (Å²) in [5.74, 6) is -2.14. The first-order valence-electron chi connectivity index (χ1n) is 8.91. The molecule has 0 aromatic heterocycles. The molecule has 1 atom stereocenters. The van der Waals surface area contributed by atoms with Gasteiger partial charge in [0.25, 0.3) is 5.91 Å². The highest BCUT2D eigenvalue weighted by Crippen LogP contribution is 2.44. The quantitative estimate of drug-likeness (QED) is 0.200. The summed E-state index contributed by atoms with van der Waals surface area (Å²) < 4.78 is 17.5. The van der Waals surface area contributed by atoms with Gasteiger partial charge in [-0.2, -0.15) is 0 Å².